The molecule has 3 atom stereocenters. The maximum atomic E-state index is 6.25. The van der Waals surface area contributed by atoms with E-state index in [4.69, 9.17) is 26.9 Å². The summed E-state index contributed by atoms with van der Waals surface area (Å²) < 4.78 is 11.5. The van der Waals surface area contributed by atoms with Crippen molar-refractivity contribution in [2.75, 3.05) is 19.8 Å². The van der Waals surface area contributed by atoms with E-state index in [-0.39, 0.29) is 11.6 Å². The van der Waals surface area contributed by atoms with Gasteiger partial charge >= 0.3 is 0 Å². The highest BCUT2D eigenvalue weighted by Gasteiger charge is 2.43. The first-order valence-electron chi connectivity index (χ1n) is 7.02. The van der Waals surface area contributed by atoms with Crippen molar-refractivity contribution in [1.82, 2.24) is 10.4 Å². The second-order valence-electron chi connectivity index (χ2n) is 5.60. The number of hydrogen-bond donors (Lipinski definition) is 2. The normalized spacial score (nSPS) is 31.6. The smallest absolute Gasteiger partial charge is 0.0940 e. The predicted octanol–water partition coefficient (Wildman–Crippen LogP) is 1.83. The Morgan fingerprint density at radius 2 is 2.40 bits per heavy atom. The molecule has 3 unspecified atom stereocenters. The molecule has 2 aliphatic heterocycles. The van der Waals surface area contributed by atoms with Crippen molar-refractivity contribution in [2.24, 2.45) is 11.8 Å². The van der Waals surface area contributed by atoms with Crippen molar-refractivity contribution >= 4 is 11.6 Å². The lowest BCUT2D eigenvalue weighted by Gasteiger charge is -2.40. The summed E-state index contributed by atoms with van der Waals surface area (Å²) in [6, 6.07) is 3.63. The first-order valence-corrected chi connectivity index (χ1v) is 7.40. The van der Waals surface area contributed by atoms with E-state index in [1.165, 1.54) is 0 Å². The fraction of sp³-hybridized carbons (Fsp3) is 0.643. The van der Waals surface area contributed by atoms with E-state index in [0.29, 0.717) is 17.5 Å². The first kappa shape index (κ1) is 14.2. The number of ether oxygens (including phenoxy) is 2. The van der Waals surface area contributed by atoms with Crippen LogP contribution < -0.4 is 11.3 Å². The Morgan fingerprint density at radius 1 is 1.50 bits per heavy atom. The molecule has 2 saturated heterocycles. The Labute approximate surface area is 123 Å². The summed E-state index contributed by atoms with van der Waals surface area (Å²) in [7, 11) is 0. The highest BCUT2D eigenvalue weighted by Crippen LogP contribution is 2.41. The molecule has 3 N–H and O–H groups in total. The Kier molecular flexibility index (Phi) is 4.23. The molecule has 2 aliphatic rings. The van der Waals surface area contributed by atoms with Crippen LogP contribution in [0.3, 0.4) is 0 Å². The molecule has 110 valence electrons. The molecule has 0 bridgehead atoms. The third-order valence-electron chi connectivity index (χ3n) is 4.33. The average Bonchev–Trinajstić information content (AvgIpc) is 2.90. The lowest BCUT2D eigenvalue weighted by Crippen LogP contribution is -2.45. The van der Waals surface area contributed by atoms with E-state index in [0.717, 1.165) is 38.2 Å². The fourth-order valence-electron chi connectivity index (χ4n) is 3.28. The second kappa shape index (κ2) is 5.95. The molecule has 1 aromatic heterocycles. The SMILES string of the molecule is NNC(c1ncccc1Cl)C1CCOC2(CCOC2)C1. The number of nitrogens with zero attached hydrogens (tertiary/aromatic N) is 1. The van der Waals surface area contributed by atoms with Crippen LogP contribution in [0.2, 0.25) is 5.02 Å². The minimum absolute atomic E-state index is 0.0509. The van der Waals surface area contributed by atoms with Crippen LogP contribution in [-0.2, 0) is 9.47 Å². The third kappa shape index (κ3) is 2.69. The van der Waals surface area contributed by atoms with Crippen LogP contribution in [0.4, 0.5) is 0 Å². The summed E-state index contributed by atoms with van der Waals surface area (Å²) in [5.74, 6) is 6.12. The van der Waals surface area contributed by atoms with E-state index >= 15 is 0 Å². The maximum absolute atomic E-state index is 6.25. The van der Waals surface area contributed by atoms with Gasteiger partial charge in [0.2, 0.25) is 0 Å². The van der Waals surface area contributed by atoms with Crippen LogP contribution in [-0.4, -0.2) is 30.4 Å². The summed E-state index contributed by atoms with van der Waals surface area (Å²) in [4.78, 5) is 4.39. The molecule has 1 aromatic rings. The number of hydrogen-bond acceptors (Lipinski definition) is 5. The summed E-state index contributed by atoms with van der Waals surface area (Å²) in [6.45, 7) is 2.19. The lowest BCUT2D eigenvalue weighted by molar-refractivity contribution is -0.103. The minimum atomic E-state index is -0.140. The number of hydrazine groups is 1. The zero-order chi connectivity index (χ0) is 14.0. The third-order valence-corrected chi connectivity index (χ3v) is 4.65. The molecule has 20 heavy (non-hydrogen) atoms. The maximum Gasteiger partial charge on any atom is 0.0940 e. The molecule has 2 fully saturated rings. The molecule has 0 saturated carbocycles. The molecule has 1 spiro atoms. The second-order valence-corrected chi connectivity index (χ2v) is 6.01. The van der Waals surface area contributed by atoms with Gasteiger partial charge in [0, 0.05) is 25.8 Å². The first-order chi connectivity index (χ1) is 9.74. The average molecular weight is 298 g/mol. The fourth-order valence-corrected chi connectivity index (χ4v) is 3.52. The van der Waals surface area contributed by atoms with Crippen molar-refractivity contribution in [3.8, 4) is 0 Å². The van der Waals surface area contributed by atoms with Gasteiger partial charge in [-0.05, 0) is 30.9 Å². The van der Waals surface area contributed by atoms with Gasteiger partial charge in [-0.1, -0.05) is 11.6 Å². The summed E-state index contributed by atoms with van der Waals surface area (Å²) >= 11 is 6.25. The van der Waals surface area contributed by atoms with Gasteiger partial charge in [0.25, 0.3) is 0 Å². The monoisotopic (exact) mass is 297 g/mol. The van der Waals surface area contributed by atoms with Gasteiger partial charge in [-0.2, -0.15) is 0 Å². The standard InChI is InChI=1S/C14H20ClN3O2/c15-11-2-1-5-17-13(11)12(18-16)10-3-6-20-14(8-10)4-7-19-9-14/h1-2,5,10,12,18H,3-4,6-9,16H2. The van der Waals surface area contributed by atoms with Gasteiger partial charge in [0.1, 0.15) is 0 Å². The number of nitrogens with two attached hydrogens (primary N) is 1. The molecule has 0 amide bonds. The molecule has 6 heteroatoms. The van der Waals surface area contributed by atoms with Gasteiger partial charge in [0.15, 0.2) is 0 Å². The molecular weight excluding hydrogens is 278 g/mol. The van der Waals surface area contributed by atoms with E-state index in [1.807, 2.05) is 12.1 Å². The Balaban J connectivity index is 1.81. The Hall–Kier alpha value is -0.720. The van der Waals surface area contributed by atoms with Crippen LogP contribution in [0.15, 0.2) is 18.3 Å². The molecule has 3 heterocycles. The van der Waals surface area contributed by atoms with Crippen LogP contribution in [0, 0.1) is 5.92 Å². The Bertz CT molecular complexity index is 465. The number of nitrogens with one attached hydrogen (secondary N) is 1. The van der Waals surface area contributed by atoms with E-state index < -0.39 is 0 Å². The van der Waals surface area contributed by atoms with Gasteiger partial charge < -0.3 is 9.47 Å². The van der Waals surface area contributed by atoms with Crippen LogP contribution in [0.25, 0.3) is 0 Å². The van der Waals surface area contributed by atoms with Gasteiger partial charge in [-0.3, -0.25) is 16.3 Å². The van der Waals surface area contributed by atoms with Crippen LogP contribution >= 0.6 is 11.6 Å². The highest BCUT2D eigenvalue weighted by atomic mass is 35.5. The largest absolute Gasteiger partial charge is 0.378 e. The number of halogens is 1. The molecule has 3 rings (SSSR count). The zero-order valence-electron chi connectivity index (χ0n) is 11.3. The number of rotatable bonds is 3. The zero-order valence-corrected chi connectivity index (χ0v) is 12.1. The quantitative estimate of drug-likeness (QED) is 0.658. The van der Waals surface area contributed by atoms with Crippen molar-refractivity contribution in [3.63, 3.8) is 0 Å². The van der Waals surface area contributed by atoms with Gasteiger partial charge in [-0.15, -0.1) is 0 Å². The molecule has 0 aliphatic carbocycles. The summed E-state index contributed by atoms with van der Waals surface area (Å²) in [5.41, 5.74) is 3.57. The van der Waals surface area contributed by atoms with Crippen molar-refractivity contribution in [2.45, 2.75) is 30.9 Å². The predicted molar refractivity (Wildman–Crippen MR) is 76.2 cm³/mol. The van der Waals surface area contributed by atoms with E-state index in [9.17, 15) is 0 Å². The van der Waals surface area contributed by atoms with E-state index in [1.54, 1.807) is 6.20 Å². The van der Waals surface area contributed by atoms with E-state index in [2.05, 4.69) is 10.4 Å². The molecule has 0 radical (unpaired) electrons. The van der Waals surface area contributed by atoms with Gasteiger partial charge in [0.05, 0.1) is 29.0 Å². The number of aromatic nitrogens is 1. The molecule has 5 nitrogen and oxygen atoms in total. The lowest BCUT2D eigenvalue weighted by atomic mass is 9.80. The Morgan fingerprint density at radius 3 is 3.10 bits per heavy atom. The van der Waals surface area contributed by atoms with Crippen molar-refractivity contribution in [1.29, 1.82) is 0 Å². The topological polar surface area (TPSA) is 69.4 Å². The van der Waals surface area contributed by atoms with Crippen molar-refractivity contribution in [3.05, 3.63) is 29.0 Å². The van der Waals surface area contributed by atoms with Crippen LogP contribution in [0.1, 0.15) is 31.0 Å². The van der Waals surface area contributed by atoms with Crippen LogP contribution in [0.5, 0.6) is 0 Å². The molecular formula is C14H20ClN3O2. The van der Waals surface area contributed by atoms with Gasteiger partial charge in [-0.25, -0.2) is 0 Å². The highest BCUT2D eigenvalue weighted by molar-refractivity contribution is 6.31. The van der Waals surface area contributed by atoms with Crippen molar-refractivity contribution < 1.29 is 9.47 Å². The number of pyridine rings is 1. The minimum Gasteiger partial charge on any atom is -0.378 e. The summed E-state index contributed by atoms with van der Waals surface area (Å²) in [5, 5.41) is 0.652. The molecule has 0 aromatic carbocycles. The summed E-state index contributed by atoms with van der Waals surface area (Å²) in [6.07, 6.45) is 4.58.